The van der Waals surface area contributed by atoms with Gasteiger partial charge in [-0.25, -0.2) is 4.98 Å². The van der Waals surface area contributed by atoms with Crippen LogP contribution in [0, 0.1) is 0 Å². The van der Waals surface area contributed by atoms with Crippen molar-refractivity contribution in [2.45, 2.75) is 26.2 Å². The number of ether oxygens (including phenoxy) is 2. The minimum atomic E-state index is -1.04. The lowest BCUT2D eigenvalue weighted by Crippen LogP contribution is -2.21. The van der Waals surface area contributed by atoms with E-state index in [1.807, 2.05) is 55.5 Å². The number of nitrogens with zero attached hydrogens (tertiary/aromatic N) is 1. The molecule has 0 saturated heterocycles. The molecule has 28 heavy (non-hydrogen) atoms. The SMILES string of the molecule is CCOc1cccc(/C=C(\CCCC(=O)[O-])c2nc3ccccc3s2)c1OC. The van der Waals surface area contributed by atoms with Crippen molar-refractivity contribution in [3.05, 3.63) is 53.0 Å². The number of hydrogen-bond acceptors (Lipinski definition) is 6. The van der Waals surface area contributed by atoms with Crippen LogP contribution in [0.2, 0.25) is 0 Å². The van der Waals surface area contributed by atoms with E-state index in [0.717, 1.165) is 26.4 Å². The highest BCUT2D eigenvalue weighted by atomic mass is 32.1. The molecule has 0 unspecified atom stereocenters. The first-order valence-corrected chi connectivity index (χ1v) is 10.00. The molecule has 1 aromatic heterocycles. The molecule has 146 valence electrons. The number of benzene rings is 2. The fraction of sp³-hybridized carbons (Fsp3) is 0.273. The van der Waals surface area contributed by atoms with Gasteiger partial charge in [0.2, 0.25) is 0 Å². The average molecular weight is 396 g/mol. The number of fused-ring (bicyclic) bond motifs is 1. The zero-order valence-electron chi connectivity index (χ0n) is 15.9. The van der Waals surface area contributed by atoms with Gasteiger partial charge in [-0.15, -0.1) is 11.3 Å². The molecule has 1 heterocycles. The molecule has 0 amide bonds. The van der Waals surface area contributed by atoms with Crippen LogP contribution in [0.15, 0.2) is 42.5 Å². The molecule has 0 atom stereocenters. The largest absolute Gasteiger partial charge is 0.550 e. The maximum atomic E-state index is 10.9. The average Bonchev–Trinajstić information content (AvgIpc) is 3.11. The smallest absolute Gasteiger partial charge is 0.167 e. The lowest BCUT2D eigenvalue weighted by Gasteiger charge is -2.13. The highest BCUT2D eigenvalue weighted by Crippen LogP contribution is 2.36. The summed E-state index contributed by atoms with van der Waals surface area (Å²) in [6.07, 6.45) is 3.08. The standard InChI is InChI=1S/C22H23NO4S/c1-3-27-18-11-6-8-15(21(18)26-2)14-16(9-7-13-20(24)25)22-23-17-10-4-5-12-19(17)28-22/h4-6,8,10-12,14H,3,7,9,13H2,1-2H3,(H,24,25)/p-1/b16-14+. The van der Waals surface area contributed by atoms with Gasteiger partial charge >= 0.3 is 0 Å². The van der Waals surface area contributed by atoms with Gasteiger partial charge in [0.25, 0.3) is 0 Å². The third-order valence-corrected chi connectivity index (χ3v) is 5.35. The molecule has 0 saturated carbocycles. The Morgan fingerprint density at radius 3 is 2.71 bits per heavy atom. The number of carboxylic acids is 1. The van der Waals surface area contributed by atoms with Gasteiger partial charge in [-0.2, -0.15) is 0 Å². The molecule has 2 aromatic carbocycles. The summed E-state index contributed by atoms with van der Waals surface area (Å²) < 4.78 is 12.3. The number of aliphatic carboxylic acids is 1. The number of allylic oxidation sites excluding steroid dienone is 1. The van der Waals surface area contributed by atoms with E-state index in [4.69, 9.17) is 14.5 Å². The van der Waals surface area contributed by atoms with E-state index < -0.39 is 5.97 Å². The number of carbonyl (C=O) groups is 1. The number of carboxylic acid groups (broad SMARTS) is 1. The predicted octanol–water partition coefficient (Wildman–Crippen LogP) is 4.16. The van der Waals surface area contributed by atoms with Crippen molar-refractivity contribution in [3.8, 4) is 11.5 Å². The molecule has 0 aliphatic carbocycles. The minimum absolute atomic E-state index is 0.0123. The predicted molar refractivity (Wildman–Crippen MR) is 111 cm³/mol. The first-order chi connectivity index (χ1) is 13.6. The first kappa shape index (κ1) is 19.9. The maximum Gasteiger partial charge on any atom is 0.167 e. The Morgan fingerprint density at radius 1 is 1.18 bits per heavy atom. The van der Waals surface area contributed by atoms with Gasteiger partial charge in [0.1, 0.15) is 5.01 Å². The van der Waals surface area contributed by atoms with Gasteiger partial charge in [-0.1, -0.05) is 24.3 Å². The quantitative estimate of drug-likeness (QED) is 0.543. The summed E-state index contributed by atoms with van der Waals surface area (Å²) in [4.78, 5) is 15.6. The molecule has 0 N–H and O–H groups in total. The molecule has 3 aromatic rings. The zero-order chi connectivity index (χ0) is 19.9. The van der Waals surface area contributed by atoms with Crippen molar-refractivity contribution in [1.29, 1.82) is 0 Å². The summed E-state index contributed by atoms with van der Waals surface area (Å²) in [6, 6.07) is 13.7. The Labute approximate surface area is 168 Å². The molecule has 0 radical (unpaired) electrons. The fourth-order valence-corrected chi connectivity index (χ4v) is 4.00. The van der Waals surface area contributed by atoms with Gasteiger partial charge in [0, 0.05) is 11.5 Å². The second-order valence-electron chi connectivity index (χ2n) is 6.19. The molecule has 0 aliphatic rings. The van der Waals surface area contributed by atoms with Crippen LogP contribution >= 0.6 is 11.3 Å². The number of hydrogen-bond donors (Lipinski definition) is 0. The number of para-hydroxylation sites is 2. The Balaban J connectivity index is 2.03. The summed E-state index contributed by atoms with van der Waals surface area (Å²) in [5.74, 6) is 0.291. The summed E-state index contributed by atoms with van der Waals surface area (Å²) in [7, 11) is 1.61. The summed E-state index contributed by atoms with van der Waals surface area (Å²) in [6.45, 7) is 2.47. The Bertz CT molecular complexity index is 960. The molecule has 0 spiro atoms. The molecule has 5 nitrogen and oxygen atoms in total. The lowest BCUT2D eigenvalue weighted by atomic mass is 10.0. The van der Waals surface area contributed by atoms with Gasteiger partial charge < -0.3 is 19.4 Å². The van der Waals surface area contributed by atoms with Crippen molar-refractivity contribution >= 4 is 39.2 Å². The molecule has 6 heteroatoms. The molecule has 3 rings (SSSR count). The first-order valence-electron chi connectivity index (χ1n) is 9.18. The highest BCUT2D eigenvalue weighted by molar-refractivity contribution is 7.19. The topological polar surface area (TPSA) is 71.5 Å². The third-order valence-electron chi connectivity index (χ3n) is 4.24. The second-order valence-corrected chi connectivity index (χ2v) is 7.22. The second kappa shape index (κ2) is 9.37. The Morgan fingerprint density at radius 2 is 2.00 bits per heavy atom. The van der Waals surface area contributed by atoms with Crippen LogP contribution < -0.4 is 14.6 Å². The third kappa shape index (κ3) is 4.70. The number of thiazole rings is 1. The van der Waals surface area contributed by atoms with Crippen molar-refractivity contribution in [2.75, 3.05) is 13.7 Å². The monoisotopic (exact) mass is 396 g/mol. The zero-order valence-corrected chi connectivity index (χ0v) is 16.8. The number of aromatic nitrogens is 1. The van der Waals surface area contributed by atoms with Crippen LogP contribution in [-0.2, 0) is 4.79 Å². The molecular formula is C22H22NO4S-. The normalized spacial score (nSPS) is 11.6. The van der Waals surface area contributed by atoms with Gasteiger partial charge in [-0.05, 0) is 56.0 Å². The van der Waals surface area contributed by atoms with Gasteiger partial charge in [0.05, 0.1) is 23.9 Å². The maximum absolute atomic E-state index is 10.9. The Kier molecular flexibility index (Phi) is 6.66. The minimum Gasteiger partial charge on any atom is -0.550 e. The van der Waals surface area contributed by atoms with Crippen molar-refractivity contribution in [2.24, 2.45) is 0 Å². The number of methoxy groups -OCH3 is 1. The van der Waals surface area contributed by atoms with E-state index in [2.05, 4.69) is 0 Å². The van der Waals surface area contributed by atoms with Crippen LogP contribution in [0.1, 0.15) is 36.8 Å². The van der Waals surface area contributed by atoms with E-state index in [1.165, 1.54) is 0 Å². The number of carbonyl (C=O) groups excluding carboxylic acids is 1. The molecule has 0 aliphatic heterocycles. The molecule has 0 fully saturated rings. The van der Waals surface area contributed by atoms with Crippen molar-refractivity contribution in [1.82, 2.24) is 4.98 Å². The fourth-order valence-electron chi connectivity index (χ4n) is 3.00. The van der Waals surface area contributed by atoms with Crippen LogP contribution in [0.5, 0.6) is 11.5 Å². The van der Waals surface area contributed by atoms with Crippen LogP contribution in [0.4, 0.5) is 0 Å². The van der Waals surface area contributed by atoms with Gasteiger partial charge in [-0.3, -0.25) is 0 Å². The summed E-state index contributed by atoms with van der Waals surface area (Å²) in [5.41, 5.74) is 2.77. The summed E-state index contributed by atoms with van der Waals surface area (Å²) in [5, 5.41) is 11.7. The van der Waals surface area contributed by atoms with E-state index in [0.29, 0.717) is 30.9 Å². The van der Waals surface area contributed by atoms with E-state index in [-0.39, 0.29) is 6.42 Å². The van der Waals surface area contributed by atoms with Gasteiger partial charge in [0.15, 0.2) is 11.5 Å². The molecule has 0 bridgehead atoms. The highest BCUT2D eigenvalue weighted by Gasteiger charge is 2.13. The summed E-state index contributed by atoms with van der Waals surface area (Å²) >= 11 is 1.60. The molecular weight excluding hydrogens is 374 g/mol. The van der Waals surface area contributed by atoms with Crippen LogP contribution in [0.25, 0.3) is 21.9 Å². The Hall–Kier alpha value is -2.86. The van der Waals surface area contributed by atoms with E-state index >= 15 is 0 Å². The lowest BCUT2D eigenvalue weighted by molar-refractivity contribution is -0.305. The van der Waals surface area contributed by atoms with Crippen LogP contribution in [0.3, 0.4) is 0 Å². The van der Waals surface area contributed by atoms with E-state index in [1.54, 1.807) is 18.4 Å². The van der Waals surface area contributed by atoms with Crippen molar-refractivity contribution < 1.29 is 19.4 Å². The number of rotatable bonds is 9. The van der Waals surface area contributed by atoms with E-state index in [9.17, 15) is 9.90 Å². The van der Waals surface area contributed by atoms with Crippen molar-refractivity contribution in [3.63, 3.8) is 0 Å². The van der Waals surface area contributed by atoms with Crippen LogP contribution in [-0.4, -0.2) is 24.7 Å².